The van der Waals surface area contributed by atoms with Crippen LogP contribution in [0.15, 0.2) is 0 Å². The van der Waals surface area contributed by atoms with Gasteiger partial charge in [0.2, 0.25) is 0 Å². The van der Waals surface area contributed by atoms with Crippen molar-refractivity contribution >= 4 is 0 Å². The Hall–Kier alpha value is -0.120. The van der Waals surface area contributed by atoms with Crippen molar-refractivity contribution in [3.63, 3.8) is 0 Å². The Morgan fingerprint density at radius 1 is 1.17 bits per heavy atom. The van der Waals surface area contributed by atoms with Gasteiger partial charge in [-0.1, -0.05) is 0 Å². The first-order valence-corrected chi connectivity index (χ1v) is 4.71. The lowest BCUT2D eigenvalue weighted by Gasteiger charge is -2.41. The third kappa shape index (κ3) is 1.63. The summed E-state index contributed by atoms with van der Waals surface area (Å²) in [7, 11) is 0. The third-order valence-electron chi connectivity index (χ3n) is 2.87. The average molecular weight is 172 g/mol. The zero-order valence-electron chi connectivity index (χ0n) is 7.29. The van der Waals surface area contributed by atoms with Gasteiger partial charge in [0.05, 0.1) is 11.7 Å². The number of rotatable bonds is 0. The van der Waals surface area contributed by atoms with Gasteiger partial charge in [-0.05, 0) is 19.3 Å². The molecule has 1 N–H and O–H groups in total. The Balaban J connectivity index is 1.97. The minimum atomic E-state index is -0.156. The fourth-order valence-electron chi connectivity index (χ4n) is 2.09. The molecule has 0 radical (unpaired) electrons. The summed E-state index contributed by atoms with van der Waals surface area (Å²) in [4.78, 5) is 0. The lowest BCUT2D eigenvalue weighted by atomic mass is 9.85. The standard InChI is InChI=1S/C9H16O3/c10-8-1-4-12-9(7-8)2-5-11-6-3-9/h8,10H,1-7H2/t8-/m1/s1. The molecule has 1 spiro atoms. The van der Waals surface area contributed by atoms with Crippen molar-refractivity contribution in [3.8, 4) is 0 Å². The Morgan fingerprint density at radius 3 is 2.58 bits per heavy atom. The second kappa shape index (κ2) is 3.32. The molecule has 0 amide bonds. The third-order valence-corrected chi connectivity index (χ3v) is 2.87. The Bertz CT molecular complexity index is 146. The number of aliphatic hydroxyl groups excluding tert-OH is 1. The van der Waals surface area contributed by atoms with Gasteiger partial charge < -0.3 is 14.6 Å². The molecule has 1 atom stereocenters. The van der Waals surface area contributed by atoms with E-state index in [9.17, 15) is 5.11 Å². The van der Waals surface area contributed by atoms with Crippen LogP contribution in [0.2, 0.25) is 0 Å². The maximum atomic E-state index is 9.51. The van der Waals surface area contributed by atoms with Gasteiger partial charge in [0, 0.05) is 26.2 Å². The molecule has 0 saturated carbocycles. The molecule has 0 aromatic heterocycles. The Morgan fingerprint density at radius 2 is 1.92 bits per heavy atom. The predicted octanol–water partition coefficient (Wildman–Crippen LogP) is 0.707. The van der Waals surface area contributed by atoms with E-state index in [2.05, 4.69) is 0 Å². The van der Waals surface area contributed by atoms with Crippen molar-refractivity contribution in [2.45, 2.75) is 37.4 Å². The van der Waals surface area contributed by atoms with Crippen LogP contribution >= 0.6 is 0 Å². The van der Waals surface area contributed by atoms with Crippen molar-refractivity contribution in [1.82, 2.24) is 0 Å². The summed E-state index contributed by atoms with van der Waals surface area (Å²) in [5.41, 5.74) is -0.0457. The average Bonchev–Trinajstić information content (AvgIpc) is 2.05. The molecule has 2 rings (SSSR count). The minimum absolute atomic E-state index is 0.0457. The van der Waals surface area contributed by atoms with Gasteiger partial charge in [-0.3, -0.25) is 0 Å². The Kier molecular flexibility index (Phi) is 2.35. The van der Waals surface area contributed by atoms with Gasteiger partial charge in [0.25, 0.3) is 0 Å². The van der Waals surface area contributed by atoms with Crippen molar-refractivity contribution in [2.75, 3.05) is 19.8 Å². The summed E-state index contributed by atoms with van der Waals surface area (Å²) in [6, 6.07) is 0. The SMILES string of the molecule is O[C@@H]1CCOC2(CCOCC2)C1. The monoisotopic (exact) mass is 172 g/mol. The fourth-order valence-corrected chi connectivity index (χ4v) is 2.09. The van der Waals surface area contributed by atoms with E-state index in [0.717, 1.165) is 38.9 Å². The molecule has 2 saturated heterocycles. The summed E-state index contributed by atoms with van der Waals surface area (Å²) >= 11 is 0. The molecule has 2 fully saturated rings. The van der Waals surface area contributed by atoms with Crippen LogP contribution in [0.5, 0.6) is 0 Å². The van der Waals surface area contributed by atoms with E-state index in [4.69, 9.17) is 9.47 Å². The van der Waals surface area contributed by atoms with E-state index in [-0.39, 0.29) is 11.7 Å². The summed E-state index contributed by atoms with van der Waals surface area (Å²) < 4.78 is 11.0. The summed E-state index contributed by atoms with van der Waals surface area (Å²) in [5.74, 6) is 0. The smallest absolute Gasteiger partial charge is 0.0750 e. The van der Waals surface area contributed by atoms with E-state index in [1.165, 1.54) is 0 Å². The molecule has 0 bridgehead atoms. The molecule has 0 aromatic rings. The lowest BCUT2D eigenvalue weighted by Crippen LogP contribution is -2.45. The number of hydrogen-bond donors (Lipinski definition) is 1. The minimum Gasteiger partial charge on any atom is -0.393 e. The second-order valence-electron chi connectivity index (χ2n) is 3.79. The zero-order chi connectivity index (χ0) is 8.44. The van der Waals surface area contributed by atoms with Gasteiger partial charge in [0.1, 0.15) is 0 Å². The highest BCUT2D eigenvalue weighted by Gasteiger charge is 2.38. The van der Waals surface area contributed by atoms with Gasteiger partial charge in [0.15, 0.2) is 0 Å². The van der Waals surface area contributed by atoms with Crippen LogP contribution in [-0.2, 0) is 9.47 Å². The molecule has 3 nitrogen and oxygen atoms in total. The molecule has 70 valence electrons. The molecule has 2 aliphatic rings. The van der Waals surface area contributed by atoms with Gasteiger partial charge >= 0.3 is 0 Å². The first-order valence-electron chi connectivity index (χ1n) is 4.71. The van der Waals surface area contributed by atoms with Crippen molar-refractivity contribution in [2.24, 2.45) is 0 Å². The van der Waals surface area contributed by atoms with Crippen molar-refractivity contribution in [1.29, 1.82) is 0 Å². The topological polar surface area (TPSA) is 38.7 Å². The normalized spacial score (nSPS) is 35.2. The fraction of sp³-hybridized carbons (Fsp3) is 1.00. The zero-order valence-corrected chi connectivity index (χ0v) is 7.29. The van der Waals surface area contributed by atoms with Gasteiger partial charge in [-0.25, -0.2) is 0 Å². The van der Waals surface area contributed by atoms with Crippen molar-refractivity contribution < 1.29 is 14.6 Å². The van der Waals surface area contributed by atoms with Gasteiger partial charge in [-0.15, -0.1) is 0 Å². The highest BCUT2D eigenvalue weighted by Crippen LogP contribution is 2.33. The maximum absolute atomic E-state index is 9.51. The molecule has 2 heterocycles. The molecule has 2 aliphatic heterocycles. The first kappa shape index (κ1) is 8.48. The van der Waals surface area contributed by atoms with Crippen LogP contribution in [0.25, 0.3) is 0 Å². The van der Waals surface area contributed by atoms with Crippen molar-refractivity contribution in [3.05, 3.63) is 0 Å². The lowest BCUT2D eigenvalue weighted by molar-refractivity contribution is -0.159. The molecular formula is C9H16O3. The molecule has 3 heteroatoms. The van der Waals surface area contributed by atoms with E-state index >= 15 is 0 Å². The highest BCUT2D eigenvalue weighted by atomic mass is 16.5. The van der Waals surface area contributed by atoms with E-state index in [0.29, 0.717) is 6.61 Å². The summed E-state index contributed by atoms with van der Waals surface area (Å²) in [6.45, 7) is 2.28. The van der Waals surface area contributed by atoms with E-state index in [1.807, 2.05) is 0 Å². The van der Waals surface area contributed by atoms with Crippen LogP contribution < -0.4 is 0 Å². The highest BCUT2D eigenvalue weighted by molar-refractivity contribution is 4.88. The molecule has 0 unspecified atom stereocenters. The van der Waals surface area contributed by atoms with Crippen LogP contribution in [0.1, 0.15) is 25.7 Å². The molecular weight excluding hydrogens is 156 g/mol. The molecule has 12 heavy (non-hydrogen) atoms. The quantitative estimate of drug-likeness (QED) is 0.584. The summed E-state index contributed by atoms with van der Waals surface area (Å²) in [5, 5.41) is 9.51. The van der Waals surface area contributed by atoms with Crippen LogP contribution in [0.3, 0.4) is 0 Å². The van der Waals surface area contributed by atoms with Crippen LogP contribution in [-0.4, -0.2) is 36.6 Å². The number of aliphatic hydroxyl groups is 1. The number of ether oxygens (including phenoxy) is 2. The Labute approximate surface area is 72.7 Å². The van der Waals surface area contributed by atoms with E-state index < -0.39 is 0 Å². The number of hydrogen-bond acceptors (Lipinski definition) is 3. The first-order chi connectivity index (χ1) is 5.81. The maximum Gasteiger partial charge on any atom is 0.0750 e. The molecule has 0 aliphatic carbocycles. The largest absolute Gasteiger partial charge is 0.393 e. The van der Waals surface area contributed by atoms with Crippen LogP contribution in [0, 0.1) is 0 Å². The molecule has 0 aromatic carbocycles. The predicted molar refractivity (Wildman–Crippen MR) is 44.0 cm³/mol. The summed E-state index contributed by atoms with van der Waals surface area (Å²) in [6.07, 6.45) is 3.34. The van der Waals surface area contributed by atoms with Crippen LogP contribution in [0.4, 0.5) is 0 Å². The second-order valence-corrected chi connectivity index (χ2v) is 3.79. The van der Waals surface area contributed by atoms with Gasteiger partial charge in [-0.2, -0.15) is 0 Å². The van der Waals surface area contributed by atoms with E-state index in [1.54, 1.807) is 0 Å².